The average molecular weight is 254 g/mol. The van der Waals surface area contributed by atoms with Crippen LogP contribution >= 0.6 is 0 Å². The molecule has 2 aliphatic rings. The molecular formula is C13H22N2O3. The van der Waals surface area contributed by atoms with E-state index >= 15 is 0 Å². The van der Waals surface area contributed by atoms with Gasteiger partial charge in [0.1, 0.15) is 5.54 Å². The Morgan fingerprint density at radius 2 is 1.78 bits per heavy atom. The predicted octanol–water partition coefficient (Wildman–Crippen LogP) is 1.97. The summed E-state index contributed by atoms with van der Waals surface area (Å²) in [6.45, 7) is 0. The van der Waals surface area contributed by atoms with E-state index in [1.165, 1.54) is 0 Å². The Bertz CT molecular complexity index is 333. The zero-order valence-corrected chi connectivity index (χ0v) is 10.9. The van der Waals surface area contributed by atoms with E-state index in [-0.39, 0.29) is 6.03 Å². The van der Waals surface area contributed by atoms with Crippen LogP contribution in [0, 0.1) is 0 Å². The number of nitrogens with zero attached hydrogens (tertiary/aromatic N) is 1. The molecule has 18 heavy (non-hydrogen) atoms. The molecule has 0 spiro atoms. The van der Waals surface area contributed by atoms with Crippen LogP contribution in [0.25, 0.3) is 0 Å². The van der Waals surface area contributed by atoms with Crippen LogP contribution in [0.2, 0.25) is 0 Å². The van der Waals surface area contributed by atoms with E-state index in [1.54, 1.807) is 11.9 Å². The molecule has 0 aromatic carbocycles. The van der Waals surface area contributed by atoms with E-state index in [4.69, 9.17) is 0 Å². The number of carboxylic acid groups (broad SMARTS) is 1. The predicted molar refractivity (Wildman–Crippen MR) is 67.4 cm³/mol. The molecule has 0 atom stereocenters. The standard InChI is InChI=1S/C13H22N2O3/c1-15(10-6-5-7-10)12(18)14-13(11(16)17)8-3-2-4-9-13/h10H,2-9H2,1H3,(H,14,18)(H,16,17). The monoisotopic (exact) mass is 254 g/mol. The van der Waals surface area contributed by atoms with E-state index in [1.807, 2.05) is 0 Å². The summed E-state index contributed by atoms with van der Waals surface area (Å²) in [6, 6.07) is 0.0587. The van der Waals surface area contributed by atoms with E-state index in [2.05, 4.69) is 5.32 Å². The summed E-state index contributed by atoms with van der Waals surface area (Å²) < 4.78 is 0. The van der Waals surface area contributed by atoms with Gasteiger partial charge < -0.3 is 15.3 Å². The zero-order valence-electron chi connectivity index (χ0n) is 10.9. The van der Waals surface area contributed by atoms with Gasteiger partial charge in [-0.15, -0.1) is 0 Å². The minimum atomic E-state index is -1.03. The van der Waals surface area contributed by atoms with Crippen LogP contribution in [0.15, 0.2) is 0 Å². The Morgan fingerprint density at radius 3 is 2.22 bits per heavy atom. The second kappa shape index (κ2) is 5.16. The molecule has 0 heterocycles. The lowest BCUT2D eigenvalue weighted by atomic mass is 9.81. The lowest BCUT2D eigenvalue weighted by Crippen LogP contribution is -2.59. The first-order chi connectivity index (χ1) is 8.55. The van der Waals surface area contributed by atoms with Crippen LogP contribution in [0.3, 0.4) is 0 Å². The van der Waals surface area contributed by atoms with Gasteiger partial charge in [0.25, 0.3) is 0 Å². The third-order valence-corrected chi connectivity index (χ3v) is 4.41. The molecule has 0 radical (unpaired) electrons. The van der Waals surface area contributed by atoms with Crippen molar-refractivity contribution in [2.24, 2.45) is 0 Å². The highest BCUT2D eigenvalue weighted by Gasteiger charge is 2.42. The molecule has 2 aliphatic carbocycles. The van der Waals surface area contributed by atoms with Crippen LogP contribution in [0.5, 0.6) is 0 Å². The lowest BCUT2D eigenvalue weighted by Gasteiger charge is -2.39. The zero-order chi connectivity index (χ0) is 13.2. The Balaban J connectivity index is 1.99. The number of carboxylic acids is 1. The normalized spacial score (nSPS) is 22.9. The first-order valence-electron chi connectivity index (χ1n) is 6.83. The summed E-state index contributed by atoms with van der Waals surface area (Å²) in [4.78, 5) is 25.2. The largest absolute Gasteiger partial charge is 0.480 e. The van der Waals surface area contributed by atoms with Gasteiger partial charge in [0, 0.05) is 13.1 Å². The summed E-state index contributed by atoms with van der Waals surface area (Å²) in [6.07, 6.45) is 7.13. The molecule has 0 bridgehead atoms. The van der Waals surface area contributed by atoms with Gasteiger partial charge in [-0.25, -0.2) is 9.59 Å². The second-order valence-electron chi connectivity index (χ2n) is 5.57. The Kier molecular flexibility index (Phi) is 3.78. The number of nitrogens with one attached hydrogen (secondary N) is 1. The van der Waals surface area contributed by atoms with Gasteiger partial charge in [-0.1, -0.05) is 19.3 Å². The maximum atomic E-state index is 12.1. The van der Waals surface area contributed by atoms with Crippen molar-refractivity contribution in [3.8, 4) is 0 Å². The van der Waals surface area contributed by atoms with Crippen molar-refractivity contribution in [3.05, 3.63) is 0 Å². The highest BCUT2D eigenvalue weighted by molar-refractivity contribution is 5.86. The van der Waals surface area contributed by atoms with Crippen molar-refractivity contribution in [1.82, 2.24) is 10.2 Å². The van der Waals surface area contributed by atoms with Crippen molar-refractivity contribution in [3.63, 3.8) is 0 Å². The fourth-order valence-electron chi connectivity index (χ4n) is 2.78. The topological polar surface area (TPSA) is 69.6 Å². The highest BCUT2D eigenvalue weighted by atomic mass is 16.4. The van der Waals surface area contributed by atoms with Crippen LogP contribution in [0.4, 0.5) is 4.79 Å². The van der Waals surface area contributed by atoms with Crippen LogP contribution < -0.4 is 5.32 Å². The number of hydrogen-bond acceptors (Lipinski definition) is 2. The number of urea groups is 1. The van der Waals surface area contributed by atoms with E-state index in [9.17, 15) is 14.7 Å². The quantitative estimate of drug-likeness (QED) is 0.809. The molecule has 0 aromatic heterocycles. The minimum Gasteiger partial charge on any atom is -0.480 e. The molecular weight excluding hydrogens is 232 g/mol. The molecule has 0 aliphatic heterocycles. The van der Waals surface area contributed by atoms with Crippen molar-refractivity contribution < 1.29 is 14.7 Å². The number of carbonyl (C=O) groups excluding carboxylic acids is 1. The Hall–Kier alpha value is -1.26. The number of hydrogen-bond donors (Lipinski definition) is 2. The van der Waals surface area contributed by atoms with Crippen LogP contribution in [0.1, 0.15) is 51.4 Å². The first-order valence-corrected chi connectivity index (χ1v) is 6.83. The fourth-order valence-corrected chi connectivity index (χ4v) is 2.78. The number of carbonyl (C=O) groups is 2. The third kappa shape index (κ3) is 2.44. The molecule has 2 amide bonds. The van der Waals surface area contributed by atoms with Gasteiger partial charge in [-0.2, -0.15) is 0 Å². The molecule has 0 saturated heterocycles. The van der Waals surface area contributed by atoms with E-state index in [0.717, 1.165) is 38.5 Å². The Morgan fingerprint density at radius 1 is 1.17 bits per heavy atom. The molecule has 0 aromatic rings. The Labute approximate surface area is 108 Å². The van der Waals surface area contributed by atoms with Crippen LogP contribution in [-0.4, -0.2) is 40.6 Å². The molecule has 5 nitrogen and oxygen atoms in total. The van der Waals surface area contributed by atoms with Gasteiger partial charge in [0.2, 0.25) is 0 Å². The van der Waals surface area contributed by atoms with Crippen molar-refractivity contribution in [2.75, 3.05) is 7.05 Å². The van der Waals surface area contributed by atoms with E-state index < -0.39 is 11.5 Å². The third-order valence-electron chi connectivity index (χ3n) is 4.41. The van der Waals surface area contributed by atoms with Crippen LogP contribution in [-0.2, 0) is 4.79 Å². The first kappa shape index (κ1) is 13.2. The number of amides is 2. The molecule has 5 heteroatoms. The summed E-state index contributed by atoms with van der Waals surface area (Å²) in [5.41, 5.74) is -1.03. The second-order valence-corrected chi connectivity index (χ2v) is 5.57. The average Bonchev–Trinajstić information content (AvgIpc) is 2.27. The molecule has 2 N–H and O–H groups in total. The van der Waals surface area contributed by atoms with Crippen molar-refractivity contribution >= 4 is 12.0 Å². The van der Waals surface area contributed by atoms with Gasteiger partial charge in [0.15, 0.2) is 0 Å². The molecule has 2 fully saturated rings. The van der Waals surface area contributed by atoms with Crippen molar-refractivity contribution in [2.45, 2.75) is 62.9 Å². The van der Waals surface area contributed by atoms with Crippen molar-refractivity contribution in [1.29, 1.82) is 0 Å². The number of rotatable bonds is 3. The van der Waals surface area contributed by atoms with Gasteiger partial charge in [-0.3, -0.25) is 0 Å². The van der Waals surface area contributed by atoms with Gasteiger partial charge in [-0.05, 0) is 32.1 Å². The smallest absolute Gasteiger partial charge is 0.329 e. The fraction of sp³-hybridized carbons (Fsp3) is 0.846. The summed E-state index contributed by atoms with van der Waals surface area (Å²) in [5.74, 6) is -0.891. The molecule has 102 valence electrons. The minimum absolute atomic E-state index is 0.232. The number of aliphatic carboxylic acids is 1. The highest BCUT2D eigenvalue weighted by Crippen LogP contribution is 2.29. The molecule has 0 unspecified atom stereocenters. The van der Waals surface area contributed by atoms with Gasteiger partial charge in [0.05, 0.1) is 0 Å². The maximum absolute atomic E-state index is 12.1. The lowest BCUT2D eigenvalue weighted by molar-refractivity contribution is -0.146. The summed E-state index contributed by atoms with van der Waals surface area (Å²) in [5, 5.41) is 12.2. The SMILES string of the molecule is CN(C(=O)NC1(C(=O)O)CCCCC1)C1CCC1. The maximum Gasteiger partial charge on any atom is 0.329 e. The van der Waals surface area contributed by atoms with Gasteiger partial charge >= 0.3 is 12.0 Å². The summed E-state index contributed by atoms with van der Waals surface area (Å²) in [7, 11) is 1.76. The molecule has 2 saturated carbocycles. The molecule has 2 rings (SSSR count). The summed E-state index contributed by atoms with van der Waals surface area (Å²) >= 11 is 0. The van der Waals surface area contributed by atoms with E-state index in [0.29, 0.717) is 18.9 Å².